The molecule has 1 aromatic heterocycles. The molecule has 1 aromatic carbocycles. The van der Waals surface area contributed by atoms with Crippen molar-refractivity contribution in [2.75, 3.05) is 7.11 Å². The fourth-order valence-electron chi connectivity index (χ4n) is 1.53. The minimum absolute atomic E-state index is 0.00626. The van der Waals surface area contributed by atoms with Crippen molar-refractivity contribution in [2.24, 2.45) is 0 Å². The predicted octanol–water partition coefficient (Wildman–Crippen LogP) is 0.734. The number of hydrogen-bond donors (Lipinski definition) is 2. The minimum atomic E-state index is -1.70. The summed E-state index contributed by atoms with van der Waals surface area (Å²) in [5, 5.41) is 17.8. The third-order valence-corrected chi connectivity index (χ3v) is 3.09. The van der Waals surface area contributed by atoms with E-state index in [1.165, 1.54) is 25.6 Å². The average molecular weight is 327 g/mol. The fourth-order valence-corrected chi connectivity index (χ4v) is 2.00. The highest BCUT2D eigenvalue weighted by atomic mass is 79.9. The molecule has 0 saturated carbocycles. The van der Waals surface area contributed by atoms with E-state index in [0.29, 0.717) is 4.47 Å². The van der Waals surface area contributed by atoms with Gasteiger partial charge in [-0.25, -0.2) is 4.39 Å². The summed E-state index contributed by atoms with van der Waals surface area (Å²) < 4.78 is 19.6. The van der Waals surface area contributed by atoms with E-state index in [9.17, 15) is 4.39 Å². The van der Waals surface area contributed by atoms with Gasteiger partial charge in [-0.3, -0.25) is 9.97 Å². The van der Waals surface area contributed by atoms with Gasteiger partial charge in [-0.1, -0.05) is 0 Å². The molecule has 5 nitrogen and oxygen atoms in total. The summed E-state index contributed by atoms with van der Waals surface area (Å²) in [5.41, 5.74) is 0.479. The standard InChI is InChI=1S/C11H9BBrFN2O3/c1-19-11-7(13)3-2-6(10(11)14)8-4-16-9(5-15-8)12(17)18/h2-5,17-18H,1H3. The van der Waals surface area contributed by atoms with E-state index in [2.05, 4.69) is 25.9 Å². The van der Waals surface area contributed by atoms with E-state index in [1.807, 2.05) is 0 Å². The number of benzene rings is 1. The lowest BCUT2D eigenvalue weighted by Crippen LogP contribution is -2.32. The third-order valence-electron chi connectivity index (χ3n) is 2.47. The Morgan fingerprint density at radius 2 is 2.00 bits per heavy atom. The Kier molecular flexibility index (Phi) is 4.13. The molecule has 0 atom stereocenters. The van der Waals surface area contributed by atoms with Crippen molar-refractivity contribution >= 4 is 28.6 Å². The molecule has 0 radical (unpaired) electrons. The van der Waals surface area contributed by atoms with E-state index in [1.54, 1.807) is 6.07 Å². The van der Waals surface area contributed by atoms with Gasteiger partial charge in [0.05, 0.1) is 29.1 Å². The molecule has 0 amide bonds. The van der Waals surface area contributed by atoms with E-state index in [-0.39, 0.29) is 22.6 Å². The number of nitrogens with zero attached hydrogens (tertiary/aromatic N) is 2. The first-order valence-electron chi connectivity index (χ1n) is 5.25. The molecular formula is C11H9BBrFN2O3. The molecule has 2 aromatic rings. The smallest absolute Gasteiger partial charge is 0.492 e. The number of hydrogen-bond acceptors (Lipinski definition) is 5. The Bertz CT molecular complexity index is 595. The van der Waals surface area contributed by atoms with Gasteiger partial charge in [-0.05, 0) is 28.1 Å². The van der Waals surface area contributed by atoms with Crippen molar-refractivity contribution < 1.29 is 19.2 Å². The normalized spacial score (nSPS) is 10.4. The summed E-state index contributed by atoms with van der Waals surface area (Å²) in [5.74, 6) is -0.492. The number of rotatable bonds is 3. The van der Waals surface area contributed by atoms with Gasteiger partial charge >= 0.3 is 7.12 Å². The highest BCUT2D eigenvalue weighted by Gasteiger charge is 2.17. The number of halogens is 2. The topological polar surface area (TPSA) is 75.5 Å². The van der Waals surface area contributed by atoms with Gasteiger partial charge in [0, 0.05) is 11.8 Å². The molecule has 2 rings (SSSR count). The quantitative estimate of drug-likeness (QED) is 0.813. The lowest BCUT2D eigenvalue weighted by Gasteiger charge is -2.09. The van der Waals surface area contributed by atoms with Gasteiger partial charge in [-0.15, -0.1) is 0 Å². The monoisotopic (exact) mass is 326 g/mol. The molecule has 98 valence electrons. The molecule has 1 heterocycles. The van der Waals surface area contributed by atoms with Crippen molar-refractivity contribution in [3.8, 4) is 17.0 Å². The summed E-state index contributed by atoms with van der Waals surface area (Å²) >= 11 is 3.18. The second-order valence-electron chi connectivity index (χ2n) is 3.64. The minimum Gasteiger partial charge on any atom is -0.492 e. The van der Waals surface area contributed by atoms with E-state index in [0.717, 1.165) is 0 Å². The van der Waals surface area contributed by atoms with Crippen LogP contribution in [0.2, 0.25) is 0 Å². The Labute approximate surface area is 117 Å². The van der Waals surface area contributed by atoms with Gasteiger partial charge in [0.1, 0.15) is 0 Å². The van der Waals surface area contributed by atoms with Crippen LogP contribution >= 0.6 is 15.9 Å². The molecule has 0 spiro atoms. The highest BCUT2D eigenvalue weighted by molar-refractivity contribution is 9.10. The first kappa shape index (κ1) is 13.9. The predicted molar refractivity (Wildman–Crippen MR) is 71.5 cm³/mol. The Morgan fingerprint density at radius 1 is 1.26 bits per heavy atom. The van der Waals surface area contributed by atoms with E-state index in [4.69, 9.17) is 14.8 Å². The summed E-state index contributed by atoms with van der Waals surface area (Å²) in [6, 6.07) is 3.16. The zero-order chi connectivity index (χ0) is 14.0. The van der Waals surface area contributed by atoms with Crippen LogP contribution in [0.4, 0.5) is 4.39 Å². The third kappa shape index (κ3) is 2.75. The van der Waals surface area contributed by atoms with Crippen LogP contribution in [-0.4, -0.2) is 34.2 Å². The maximum Gasteiger partial charge on any atom is 0.509 e. The molecule has 19 heavy (non-hydrogen) atoms. The van der Waals surface area contributed by atoms with E-state index >= 15 is 0 Å². The van der Waals surface area contributed by atoms with Crippen LogP contribution in [0.5, 0.6) is 5.75 Å². The molecule has 0 aliphatic carbocycles. The Morgan fingerprint density at radius 3 is 2.53 bits per heavy atom. The highest BCUT2D eigenvalue weighted by Crippen LogP contribution is 2.33. The molecule has 2 N–H and O–H groups in total. The first-order valence-corrected chi connectivity index (χ1v) is 6.04. The van der Waals surface area contributed by atoms with Crippen molar-refractivity contribution in [1.82, 2.24) is 9.97 Å². The van der Waals surface area contributed by atoms with Crippen molar-refractivity contribution in [3.63, 3.8) is 0 Å². The Hall–Kier alpha value is -1.51. The number of methoxy groups -OCH3 is 1. The first-order chi connectivity index (χ1) is 9.04. The van der Waals surface area contributed by atoms with Crippen LogP contribution in [0.25, 0.3) is 11.3 Å². The van der Waals surface area contributed by atoms with Gasteiger partial charge in [0.15, 0.2) is 11.6 Å². The zero-order valence-electron chi connectivity index (χ0n) is 9.84. The van der Waals surface area contributed by atoms with Gasteiger partial charge in [0.25, 0.3) is 0 Å². The van der Waals surface area contributed by atoms with Crippen LogP contribution in [0.3, 0.4) is 0 Å². The maximum atomic E-state index is 14.2. The van der Waals surface area contributed by atoms with Crippen LogP contribution in [-0.2, 0) is 0 Å². The Balaban J connectivity index is 2.47. The lowest BCUT2D eigenvalue weighted by atomic mass is 9.87. The number of ether oxygens (including phenoxy) is 1. The van der Waals surface area contributed by atoms with Crippen LogP contribution in [0.1, 0.15) is 0 Å². The zero-order valence-corrected chi connectivity index (χ0v) is 11.4. The molecule has 0 saturated heterocycles. The molecular weight excluding hydrogens is 318 g/mol. The largest absolute Gasteiger partial charge is 0.509 e. The van der Waals surface area contributed by atoms with Crippen LogP contribution in [0.15, 0.2) is 29.0 Å². The van der Waals surface area contributed by atoms with Gasteiger partial charge in [-0.2, -0.15) is 0 Å². The summed E-state index contributed by atoms with van der Waals surface area (Å²) in [6.45, 7) is 0. The second-order valence-corrected chi connectivity index (χ2v) is 4.50. The molecule has 0 bridgehead atoms. The molecule has 8 heteroatoms. The molecule has 0 fully saturated rings. The van der Waals surface area contributed by atoms with Gasteiger partial charge < -0.3 is 14.8 Å². The van der Waals surface area contributed by atoms with Crippen LogP contribution in [0, 0.1) is 5.82 Å². The van der Waals surface area contributed by atoms with Crippen molar-refractivity contribution in [1.29, 1.82) is 0 Å². The summed E-state index contributed by atoms with van der Waals surface area (Å²) in [6.07, 6.45) is 2.44. The van der Waals surface area contributed by atoms with Crippen molar-refractivity contribution in [3.05, 3.63) is 34.8 Å². The van der Waals surface area contributed by atoms with Gasteiger partial charge in [0.2, 0.25) is 0 Å². The molecule has 0 aliphatic rings. The summed E-state index contributed by atoms with van der Waals surface area (Å²) in [7, 11) is -0.338. The van der Waals surface area contributed by atoms with E-state index < -0.39 is 12.9 Å². The molecule has 0 unspecified atom stereocenters. The lowest BCUT2D eigenvalue weighted by molar-refractivity contribution is 0.384. The SMILES string of the molecule is COc1c(Br)ccc(-c2cnc(B(O)O)cn2)c1F. The van der Waals surface area contributed by atoms with Crippen LogP contribution < -0.4 is 10.3 Å². The van der Waals surface area contributed by atoms with Crippen molar-refractivity contribution in [2.45, 2.75) is 0 Å². The number of aromatic nitrogens is 2. The second kappa shape index (κ2) is 5.64. The molecule has 0 aliphatic heterocycles. The maximum absolute atomic E-state index is 14.2. The summed E-state index contributed by atoms with van der Waals surface area (Å²) in [4.78, 5) is 7.73. The fraction of sp³-hybridized carbons (Fsp3) is 0.0909. The average Bonchev–Trinajstić information content (AvgIpc) is 2.39.